The minimum atomic E-state index is -3.59. The third-order valence-corrected chi connectivity index (χ3v) is 6.36. The lowest BCUT2D eigenvalue weighted by Crippen LogP contribution is -2.39. The van der Waals surface area contributed by atoms with E-state index in [2.05, 4.69) is 5.32 Å². The van der Waals surface area contributed by atoms with Crippen LogP contribution in [0.4, 0.5) is 0 Å². The fourth-order valence-corrected chi connectivity index (χ4v) is 4.92. The number of hydrogen-bond acceptors (Lipinski definition) is 5. The van der Waals surface area contributed by atoms with Gasteiger partial charge in [0.1, 0.15) is 16.4 Å². The quantitative estimate of drug-likeness (QED) is 0.901. The van der Waals surface area contributed by atoms with Gasteiger partial charge in [-0.2, -0.15) is 4.31 Å². The van der Waals surface area contributed by atoms with Crippen LogP contribution in [0.1, 0.15) is 19.3 Å². The number of nitrogens with one attached hydrogen (secondary N) is 1. The van der Waals surface area contributed by atoms with Crippen molar-refractivity contribution in [3.63, 3.8) is 0 Å². The summed E-state index contributed by atoms with van der Waals surface area (Å²) in [7, 11) is -0.595. The Kier molecular flexibility index (Phi) is 4.29. The van der Waals surface area contributed by atoms with Gasteiger partial charge < -0.3 is 14.8 Å². The topological polar surface area (TPSA) is 67.9 Å². The van der Waals surface area contributed by atoms with E-state index in [4.69, 9.17) is 9.47 Å². The first-order chi connectivity index (χ1) is 10.5. The summed E-state index contributed by atoms with van der Waals surface area (Å²) in [5.41, 5.74) is 0. The standard InChI is InChI=1S/C15H22N2O4S/c1-20-13-5-6-14(21-2)15(9-13)22(18,19)17-8-7-11-3-4-12(10-17)16-11/h5-6,9,11-12,16H,3-4,7-8,10H2,1-2H3. The van der Waals surface area contributed by atoms with Crippen molar-refractivity contribution >= 4 is 10.0 Å². The van der Waals surface area contributed by atoms with Crippen molar-refractivity contribution in [1.82, 2.24) is 9.62 Å². The molecule has 1 N–H and O–H groups in total. The Labute approximate surface area is 131 Å². The van der Waals surface area contributed by atoms with Crippen LogP contribution in [0.5, 0.6) is 11.5 Å². The molecule has 0 saturated carbocycles. The summed E-state index contributed by atoms with van der Waals surface area (Å²) in [4.78, 5) is 0.173. The van der Waals surface area contributed by atoms with Gasteiger partial charge in [-0.3, -0.25) is 0 Å². The van der Waals surface area contributed by atoms with Gasteiger partial charge >= 0.3 is 0 Å². The van der Waals surface area contributed by atoms with Crippen LogP contribution in [-0.4, -0.2) is 52.1 Å². The summed E-state index contributed by atoms with van der Waals surface area (Å²) in [6.07, 6.45) is 3.02. The van der Waals surface area contributed by atoms with Crippen LogP contribution in [0.2, 0.25) is 0 Å². The number of benzene rings is 1. The minimum Gasteiger partial charge on any atom is -0.497 e. The van der Waals surface area contributed by atoms with Crippen molar-refractivity contribution in [2.75, 3.05) is 27.3 Å². The number of fused-ring (bicyclic) bond motifs is 2. The van der Waals surface area contributed by atoms with Crippen LogP contribution in [0, 0.1) is 0 Å². The maximum atomic E-state index is 13.0. The molecule has 122 valence electrons. The third-order valence-electron chi connectivity index (χ3n) is 4.47. The van der Waals surface area contributed by atoms with E-state index in [0.717, 1.165) is 19.3 Å². The largest absolute Gasteiger partial charge is 0.497 e. The molecule has 0 aromatic heterocycles. The molecule has 2 aliphatic heterocycles. The highest BCUT2D eigenvalue weighted by atomic mass is 32.2. The van der Waals surface area contributed by atoms with Crippen molar-refractivity contribution in [1.29, 1.82) is 0 Å². The monoisotopic (exact) mass is 326 g/mol. The molecule has 6 nitrogen and oxygen atoms in total. The summed E-state index contributed by atoms with van der Waals surface area (Å²) in [6.45, 7) is 1.05. The first-order valence-electron chi connectivity index (χ1n) is 7.53. The maximum Gasteiger partial charge on any atom is 0.246 e. The van der Waals surface area contributed by atoms with Crippen LogP contribution < -0.4 is 14.8 Å². The Morgan fingerprint density at radius 3 is 2.64 bits per heavy atom. The summed E-state index contributed by atoms with van der Waals surface area (Å²) in [6, 6.07) is 5.55. The molecule has 2 atom stereocenters. The molecule has 2 unspecified atom stereocenters. The molecule has 2 bridgehead atoms. The minimum absolute atomic E-state index is 0.173. The van der Waals surface area contributed by atoms with E-state index in [0.29, 0.717) is 30.6 Å². The van der Waals surface area contributed by atoms with E-state index in [9.17, 15) is 8.42 Å². The van der Waals surface area contributed by atoms with Gasteiger partial charge in [0.05, 0.1) is 14.2 Å². The molecule has 3 rings (SSSR count). The van der Waals surface area contributed by atoms with Gasteiger partial charge in [-0.05, 0) is 31.4 Å². The average Bonchev–Trinajstić information content (AvgIpc) is 2.85. The molecule has 7 heteroatoms. The second kappa shape index (κ2) is 6.06. The Bertz CT molecular complexity index is 647. The van der Waals surface area contributed by atoms with E-state index in [1.165, 1.54) is 20.3 Å². The summed E-state index contributed by atoms with van der Waals surface area (Å²) in [5.74, 6) is 0.858. The number of hydrogen-bond donors (Lipinski definition) is 1. The number of sulfonamides is 1. The normalized spacial score (nSPS) is 25.7. The van der Waals surface area contributed by atoms with Crippen LogP contribution in [0.25, 0.3) is 0 Å². The highest BCUT2D eigenvalue weighted by molar-refractivity contribution is 7.89. The average molecular weight is 326 g/mol. The summed E-state index contributed by atoms with van der Waals surface area (Å²) in [5, 5.41) is 3.50. The predicted octanol–water partition coefficient (Wildman–Crippen LogP) is 1.22. The molecular weight excluding hydrogens is 304 g/mol. The Balaban J connectivity index is 1.95. The number of rotatable bonds is 4. The molecular formula is C15H22N2O4S. The number of nitrogens with zero attached hydrogens (tertiary/aromatic N) is 1. The van der Waals surface area contributed by atoms with E-state index >= 15 is 0 Å². The van der Waals surface area contributed by atoms with Gasteiger partial charge in [0.15, 0.2) is 0 Å². The number of methoxy groups -OCH3 is 2. The highest BCUT2D eigenvalue weighted by Gasteiger charge is 2.36. The lowest BCUT2D eigenvalue weighted by atomic mass is 10.1. The van der Waals surface area contributed by atoms with Crippen molar-refractivity contribution in [3.05, 3.63) is 18.2 Å². The fourth-order valence-electron chi connectivity index (χ4n) is 3.25. The van der Waals surface area contributed by atoms with Crippen LogP contribution in [0.15, 0.2) is 23.1 Å². The Morgan fingerprint density at radius 2 is 1.91 bits per heavy atom. The smallest absolute Gasteiger partial charge is 0.246 e. The van der Waals surface area contributed by atoms with E-state index in [1.54, 1.807) is 16.4 Å². The number of ether oxygens (including phenoxy) is 2. The SMILES string of the molecule is COc1ccc(OC)c(S(=O)(=O)N2CCC3CCC(C2)N3)c1. The summed E-state index contributed by atoms with van der Waals surface area (Å²) < 4.78 is 38.0. The Hall–Kier alpha value is -1.31. The lowest BCUT2D eigenvalue weighted by Gasteiger charge is -2.24. The van der Waals surface area contributed by atoms with Gasteiger partial charge in [-0.1, -0.05) is 0 Å². The molecule has 0 spiro atoms. The van der Waals surface area contributed by atoms with Crippen molar-refractivity contribution in [2.45, 2.75) is 36.2 Å². The Morgan fingerprint density at radius 1 is 1.14 bits per heavy atom. The molecule has 2 aliphatic rings. The maximum absolute atomic E-state index is 13.0. The van der Waals surface area contributed by atoms with Crippen molar-refractivity contribution in [3.8, 4) is 11.5 Å². The molecule has 0 radical (unpaired) electrons. The zero-order valence-electron chi connectivity index (χ0n) is 12.9. The second-order valence-electron chi connectivity index (χ2n) is 5.81. The molecule has 2 fully saturated rings. The zero-order chi connectivity index (χ0) is 15.7. The van der Waals surface area contributed by atoms with E-state index in [1.807, 2.05) is 0 Å². The highest BCUT2D eigenvalue weighted by Crippen LogP contribution is 2.32. The molecule has 1 aromatic carbocycles. The second-order valence-corrected chi connectivity index (χ2v) is 7.71. The van der Waals surface area contributed by atoms with Crippen molar-refractivity contribution < 1.29 is 17.9 Å². The van der Waals surface area contributed by atoms with Crippen molar-refractivity contribution in [2.24, 2.45) is 0 Å². The van der Waals surface area contributed by atoms with Gasteiger partial charge in [0.25, 0.3) is 0 Å². The molecule has 0 aliphatic carbocycles. The zero-order valence-corrected chi connectivity index (χ0v) is 13.7. The van der Waals surface area contributed by atoms with E-state index < -0.39 is 10.0 Å². The van der Waals surface area contributed by atoms with Crippen LogP contribution >= 0.6 is 0 Å². The molecule has 1 aromatic rings. The van der Waals surface area contributed by atoms with Gasteiger partial charge in [0.2, 0.25) is 10.0 Å². The predicted molar refractivity (Wildman–Crippen MR) is 82.9 cm³/mol. The van der Waals surface area contributed by atoms with Crippen LogP contribution in [0.3, 0.4) is 0 Å². The van der Waals surface area contributed by atoms with Gasteiger partial charge in [0, 0.05) is 31.2 Å². The summed E-state index contributed by atoms with van der Waals surface area (Å²) >= 11 is 0. The molecule has 22 heavy (non-hydrogen) atoms. The fraction of sp³-hybridized carbons (Fsp3) is 0.600. The lowest BCUT2D eigenvalue weighted by molar-refractivity contribution is 0.370. The van der Waals surface area contributed by atoms with Gasteiger partial charge in [-0.15, -0.1) is 0 Å². The molecule has 2 saturated heterocycles. The van der Waals surface area contributed by atoms with E-state index in [-0.39, 0.29) is 10.9 Å². The molecule has 2 heterocycles. The first kappa shape index (κ1) is 15.6. The van der Waals surface area contributed by atoms with Gasteiger partial charge in [-0.25, -0.2) is 8.42 Å². The van der Waals surface area contributed by atoms with Crippen LogP contribution in [-0.2, 0) is 10.0 Å². The molecule has 0 amide bonds. The first-order valence-corrected chi connectivity index (χ1v) is 8.97. The third kappa shape index (κ3) is 2.80.